The summed E-state index contributed by atoms with van der Waals surface area (Å²) in [6.07, 6.45) is 0.707. The first-order chi connectivity index (χ1) is 11.7. The normalized spacial score (nSPS) is 11.6. The van der Waals surface area contributed by atoms with Gasteiger partial charge in [-0.05, 0) is 29.7 Å². The van der Waals surface area contributed by atoms with Crippen LogP contribution in [0.4, 0.5) is 0 Å². The predicted molar refractivity (Wildman–Crippen MR) is 94.5 cm³/mol. The second kappa shape index (κ2) is 8.93. The zero-order valence-electron chi connectivity index (χ0n) is 14.1. The molecule has 0 radical (unpaired) electrons. The molecular weight excluding hydrogens is 304 g/mol. The number of amides is 1. The Morgan fingerprint density at radius 1 is 1.08 bits per heavy atom. The summed E-state index contributed by atoms with van der Waals surface area (Å²) in [7, 11) is 3.21. The van der Waals surface area contributed by atoms with Gasteiger partial charge in [0.1, 0.15) is 0 Å². The van der Waals surface area contributed by atoms with Gasteiger partial charge in [0.25, 0.3) is 0 Å². The molecule has 0 aliphatic carbocycles. The van der Waals surface area contributed by atoms with Crippen LogP contribution in [-0.2, 0) is 11.2 Å². The van der Waals surface area contributed by atoms with Crippen LogP contribution in [0.15, 0.2) is 48.5 Å². The number of ether oxygens (including phenoxy) is 2. The van der Waals surface area contributed by atoms with Crippen molar-refractivity contribution in [1.82, 2.24) is 5.32 Å². The summed E-state index contributed by atoms with van der Waals surface area (Å²) < 4.78 is 10.5. The van der Waals surface area contributed by atoms with Crippen molar-refractivity contribution in [2.24, 2.45) is 5.73 Å². The lowest BCUT2D eigenvalue weighted by Gasteiger charge is -2.15. The van der Waals surface area contributed by atoms with E-state index in [1.54, 1.807) is 14.2 Å². The maximum atomic E-state index is 12.4. The summed E-state index contributed by atoms with van der Waals surface area (Å²) >= 11 is 0. The highest BCUT2D eigenvalue weighted by molar-refractivity contribution is 5.83. The number of hydrogen-bond donors (Lipinski definition) is 2. The molecule has 2 rings (SSSR count). The first-order valence-corrected chi connectivity index (χ1v) is 7.93. The summed E-state index contributed by atoms with van der Waals surface area (Å²) in [4.78, 5) is 12.4. The molecule has 5 heteroatoms. The number of carbonyl (C=O) groups is 1. The van der Waals surface area contributed by atoms with E-state index in [2.05, 4.69) is 5.32 Å². The number of benzene rings is 2. The van der Waals surface area contributed by atoms with Crippen LogP contribution in [0.2, 0.25) is 0 Å². The van der Waals surface area contributed by atoms with Crippen LogP contribution in [0.3, 0.4) is 0 Å². The predicted octanol–water partition coefficient (Wildman–Crippen LogP) is 2.10. The Balaban J connectivity index is 1.92. The number of hydrogen-bond acceptors (Lipinski definition) is 4. The molecule has 0 bridgehead atoms. The molecule has 0 fully saturated rings. The maximum Gasteiger partial charge on any atom is 0.228 e. The van der Waals surface area contributed by atoms with Gasteiger partial charge < -0.3 is 20.5 Å². The third-order valence-electron chi connectivity index (χ3n) is 3.91. The lowest BCUT2D eigenvalue weighted by atomic mass is 9.98. The Hall–Kier alpha value is -2.53. The molecule has 1 amide bonds. The molecule has 24 heavy (non-hydrogen) atoms. The van der Waals surface area contributed by atoms with E-state index >= 15 is 0 Å². The van der Waals surface area contributed by atoms with Gasteiger partial charge in [-0.2, -0.15) is 0 Å². The van der Waals surface area contributed by atoms with Gasteiger partial charge in [-0.3, -0.25) is 4.79 Å². The average molecular weight is 328 g/mol. The largest absolute Gasteiger partial charge is 0.493 e. The number of carbonyl (C=O) groups excluding carboxylic acids is 1. The van der Waals surface area contributed by atoms with Crippen molar-refractivity contribution >= 4 is 5.91 Å². The van der Waals surface area contributed by atoms with E-state index in [1.807, 2.05) is 48.5 Å². The van der Waals surface area contributed by atoms with Crippen molar-refractivity contribution in [1.29, 1.82) is 0 Å². The summed E-state index contributed by atoms with van der Waals surface area (Å²) in [6, 6.07) is 15.3. The molecule has 2 aromatic rings. The number of methoxy groups -OCH3 is 2. The van der Waals surface area contributed by atoms with Gasteiger partial charge in [0.15, 0.2) is 11.5 Å². The van der Waals surface area contributed by atoms with Gasteiger partial charge >= 0.3 is 0 Å². The summed E-state index contributed by atoms with van der Waals surface area (Å²) in [5.74, 6) is 1.00. The van der Waals surface area contributed by atoms with Crippen LogP contribution in [-0.4, -0.2) is 33.2 Å². The van der Waals surface area contributed by atoms with Crippen molar-refractivity contribution in [2.75, 3.05) is 27.3 Å². The van der Waals surface area contributed by atoms with Gasteiger partial charge in [0.2, 0.25) is 5.91 Å². The van der Waals surface area contributed by atoms with Gasteiger partial charge in [-0.25, -0.2) is 0 Å². The minimum Gasteiger partial charge on any atom is -0.493 e. The quantitative estimate of drug-likeness (QED) is 0.778. The van der Waals surface area contributed by atoms with Crippen molar-refractivity contribution in [3.8, 4) is 11.5 Å². The molecule has 0 saturated heterocycles. The Kier molecular flexibility index (Phi) is 6.63. The fourth-order valence-electron chi connectivity index (χ4n) is 2.57. The van der Waals surface area contributed by atoms with E-state index in [1.165, 1.54) is 0 Å². The zero-order valence-corrected chi connectivity index (χ0v) is 14.1. The van der Waals surface area contributed by atoms with Gasteiger partial charge in [0.05, 0.1) is 20.1 Å². The number of nitrogens with two attached hydrogens (primary N) is 1. The first-order valence-electron chi connectivity index (χ1n) is 7.93. The zero-order chi connectivity index (χ0) is 17.4. The summed E-state index contributed by atoms with van der Waals surface area (Å²) in [5, 5.41) is 2.96. The van der Waals surface area contributed by atoms with Crippen LogP contribution >= 0.6 is 0 Å². The molecule has 0 aromatic heterocycles. The molecule has 0 saturated carbocycles. The molecule has 2 aromatic carbocycles. The second-order valence-corrected chi connectivity index (χ2v) is 5.43. The van der Waals surface area contributed by atoms with Crippen LogP contribution in [0.25, 0.3) is 0 Å². The van der Waals surface area contributed by atoms with Crippen LogP contribution in [0.1, 0.15) is 17.0 Å². The molecule has 0 aliphatic heterocycles. The van der Waals surface area contributed by atoms with Crippen LogP contribution in [0.5, 0.6) is 11.5 Å². The van der Waals surface area contributed by atoms with Crippen molar-refractivity contribution in [2.45, 2.75) is 12.3 Å². The van der Waals surface area contributed by atoms with Gasteiger partial charge in [-0.1, -0.05) is 36.4 Å². The fourth-order valence-corrected chi connectivity index (χ4v) is 2.57. The highest BCUT2D eigenvalue weighted by atomic mass is 16.5. The van der Waals surface area contributed by atoms with E-state index in [-0.39, 0.29) is 18.4 Å². The Labute approximate surface area is 142 Å². The van der Waals surface area contributed by atoms with Gasteiger partial charge in [0, 0.05) is 13.1 Å². The number of nitrogens with one attached hydrogen (secondary N) is 1. The summed E-state index contributed by atoms with van der Waals surface area (Å²) in [6.45, 7) is 0.823. The molecule has 5 nitrogen and oxygen atoms in total. The minimum absolute atomic E-state index is 0.0517. The molecule has 1 atom stereocenters. The topological polar surface area (TPSA) is 73.6 Å². The van der Waals surface area contributed by atoms with Crippen molar-refractivity contribution in [3.05, 3.63) is 59.7 Å². The Morgan fingerprint density at radius 3 is 2.42 bits per heavy atom. The molecule has 128 valence electrons. The van der Waals surface area contributed by atoms with E-state index in [0.717, 1.165) is 11.1 Å². The van der Waals surface area contributed by atoms with E-state index in [4.69, 9.17) is 15.2 Å². The minimum atomic E-state index is -0.323. The smallest absolute Gasteiger partial charge is 0.228 e. The maximum absolute atomic E-state index is 12.4. The molecule has 0 spiro atoms. The highest BCUT2D eigenvalue weighted by Gasteiger charge is 2.18. The van der Waals surface area contributed by atoms with Crippen molar-refractivity contribution < 1.29 is 14.3 Å². The van der Waals surface area contributed by atoms with E-state index in [9.17, 15) is 4.79 Å². The third kappa shape index (κ3) is 4.49. The lowest BCUT2D eigenvalue weighted by molar-refractivity contribution is -0.122. The SMILES string of the molecule is COc1ccc(CCNC(=O)C(CN)c2ccccc2)cc1OC. The molecular formula is C19H24N2O3. The molecule has 1 unspecified atom stereocenters. The molecule has 0 heterocycles. The average Bonchev–Trinajstić information content (AvgIpc) is 2.63. The highest BCUT2D eigenvalue weighted by Crippen LogP contribution is 2.27. The standard InChI is InChI=1S/C19H24N2O3/c1-23-17-9-8-14(12-18(17)24-2)10-11-21-19(22)16(13-20)15-6-4-3-5-7-15/h3-9,12,16H,10-11,13,20H2,1-2H3,(H,21,22). The second-order valence-electron chi connectivity index (χ2n) is 5.43. The number of rotatable bonds is 8. The monoisotopic (exact) mass is 328 g/mol. The lowest BCUT2D eigenvalue weighted by Crippen LogP contribution is -2.34. The van der Waals surface area contributed by atoms with Crippen LogP contribution < -0.4 is 20.5 Å². The van der Waals surface area contributed by atoms with E-state index < -0.39 is 0 Å². The fraction of sp³-hybridized carbons (Fsp3) is 0.316. The van der Waals surface area contributed by atoms with Gasteiger partial charge in [-0.15, -0.1) is 0 Å². The van der Waals surface area contributed by atoms with E-state index in [0.29, 0.717) is 24.5 Å². The first kappa shape index (κ1) is 17.8. The van der Waals surface area contributed by atoms with Crippen LogP contribution in [0, 0.1) is 0 Å². The third-order valence-corrected chi connectivity index (χ3v) is 3.91. The van der Waals surface area contributed by atoms with Crippen molar-refractivity contribution in [3.63, 3.8) is 0 Å². The summed E-state index contributed by atoms with van der Waals surface area (Å²) in [5.41, 5.74) is 7.77. The Bertz CT molecular complexity index is 659. The molecule has 3 N–H and O–H groups in total. The molecule has 0 aliphatic rings. The Morgan fingerprint density at radius 2 is 1.79 bits per heavy atom.